The van der Waals surface area contributed by atoms with Gasteiger partial charge >= 0.3 is 0 Å². The van der Waals surface area contributed by atoms with Crippen molar-refractivity contribution in [3.8, 4) is 5.75 Å². The SMILES string of the molecule is O=C(CCBr)c1cc(Cl)cc(OCF)c1. The molecule has 0 fully saturated rings. The lowest BCUT2D eigenvalue weighted by Crippen LogP contribution is -2.00. The minimum absolute atomic E-state index is 0.0573. The average molecular weight is 296 g/mol. The fourth-order valence-electron chi connectivity index (χ4n) is 1.10. The second-order valence-electron chi connectivity index (χ2n) is 2.79. The molecule has 1 aromatic carbocycles. The molecule has 0 atom stereocenters. The molecule has 2 nitrogen and oxygen atoms in total. The minimum atomic E-state index is -0.938. The largest absolute Gasteiger partial charge is 0.463 e. The van der Waals surface area contributed by atoms with Crippen LogP contribution < -0.4 is 4.74 Å². The van der Waals surface area contributed by atoms with Crippen molar-refractivity contribution >= 4 is 33.3 Å². The Kier molecular flexibility index (Phi) is 5.05. The lowest BCUT2D eigenvalue weighted by molar-refractivity contribution is 0.0989. The first-order valence-electron chi connectivity index (χ1n) is 4.26. The summed E-state index contributed by atoms with van der Waals surface area (Å²) >= 11 is 8.93. The second-order valence-corrected chi connectivity index (χ2v) is 4.02. The fourth-order valence-corrected chi connectivity index (χ4v) is 1.69. The fraction of sp³-hybridized carbons (Fsp3) is 0.300. The zero-order chi connectivity index (χ0) is 11.3. The van der Waals surface area contributed by atoms with Gasteiger partial charge in [-0.2, -0.15) is 0 Å². The third kappa shape index (κ3) is 3.80. The Balaban J connectivity index is 2.92. The zero-order valence-corrected chi connectivity index (χ0v) is 10.1. The third-order valence-electron chi connectivity index (χ3n) is 1.74. The summed E-state index contributed by atoms with van der Waals surface area (Å²) in [4.78, 5) is 11.5. The summed E-state index contributed by atoms with van der Waals surface area (Å²) < 4.78 is 16.6. The van der Waals surface area contributed by atoms with Gasteiger partial charge < -0.3 is 4.74 Å². The van der Waals surface area contributed by atoms with Crippen LogP contribution in [0.1, 0.15) is 16.8 Å². The minimum Gasteiger partial charge on any atom is -0.463 e. The van der Waals surface area contributed by atoms with E-state index in [0.717, 1.165) is 0 Å². The smallest absolute Gasteiger partial charge is 0.228 e. The highest BCUT2D eigenvalue weighted by Gasteiger charge is 2.08. The molecule has 5 heteroatoms. The van der Waals surface area contributed by atoms with E-state index in [4.69, 9.17) is 11.6 Å². The monoisotopic (exact) mass is 294 g/mol. The van der Waals surface area contributed by atoms with Crippen LogP contribution in [0, 0.1) is 0 Å². The Morgan fingerprint density at radius 2 is 2.20 bits per heavy atom. The third-order valence-corrected chi connectivity index (χ3v) is 2.35. The van der Waals surface area contributed by atoms with Crippen molar-refractivity contribution in [2.45, 2.75) is 6.42 Å². The molecule has 0 radical (unpaired) electrons. The quantitative estimate of drug-likeness (QED) is 0.613. The zero-order valence-electron chi connectivity index (χ0n) is 7.80. The molecule has 0 aliphatic carbocycles. The van der Waals surface area contributed by atoms with Crippen molar-refractivity contribution in [2.75, 3.05) is 12.2 Å². The number of ether oxygens (including phenoxy) is 1. The number of carbonyl (C=O) groups is 1. The average Bonchev–Trinajstić information content (AvgIpc) is 2.17. The van der Waals surface area contributed by atoms with Gasteiger partial charge in [-0.05, 0) is 18.2 Å². The van der Waals surface area contributed by atoms with Crippen molar-refractivity contribution in [1.82, 2.24) is 0 Å². The summed E-state index contributed by atoms with van der Waals surface area (Å²) in [6, 6.07) is 4.49. The Bertz CT molecular complexity index is 357. The van der Waals surface area contributed by atoms with E-state index in [1.54, 1.807) is 0 Å². The molecule has 0 spiro atoms. The van der Waals surface area contributed by atoms with Gasteiger partial charge in [0.2, 0.25) is 6.86 Å². The van der Waals surface area contributed by atoms with Crippen molar-refractivity contribution in [3.05, 3.63) is 28.8 Å². The van der Waals surface area contributed by atoms with Gasteiger partial charge in [0, 0.05) is 22.3 Å². The summed E-state index contributed by atoms with van der Waals surface area (Å²) in [7, 11) is 0. The molecule has 0 amide bonds. The number of hydrogen-bond donors (Lipinski definition) is 0. The van der Waals surface area contributed by atoms with Crippen LogP contribution in [0.3, 0.4) is 0 Å². The molecule has 0 saturated heterocycles. The van der Waals surface area contributed by atoms with Gasteiger partial charge in [-0.3, -0.25) is 4.79 Å². The van der Waals surface area contributed by atoms with E-state index in [9.17, 15) is 9.18 Å². The van der Waals surface area contributed by atoms with Crippen LogP contribution >= 0.6 is 27.5 Å². The highest BCUT2D eigenvalue weighted by Crippen LogP contribution is 2.22. The van der Waals surface area contributed by atoms with Crippen LogP contribution in [-0.4, -0.2) is 18.0 Å². The second kappa shape index (κ2) is 6.08. The first-order chi connectivity index (χ1) is 7.17. The molecular weight excluding hydrogens is 286 g/mol. The number of carbonyl (C=O) groups excluding carboxylic acids is 1. The lowest BCUT2D eigenvalue weighted by atomic mass is 10.1. The van der Waals surface area contributed by atoms with E-state index in [0.29, 0.717) is 22.3 Å². The van der Waals surface area contributed by atoms with Gasteiger partial charge in [0.25, 0.3) is 0 Å². The molecule has 82 valence electrons. The van der Waals surface area contributed by atoms with Crippen LogP contribution in [0.15, 0.2) is 18.2 Å². The van der Waals surface area contributed by atoms with E-state index in [2.05, 4.69) is 20.7 Å². The maximum absolute atomic E-state index is 11.9. The van der Waals surface area contributed by atoms with E-state index < -0.39 is 6.86 Å². The van der Waals surface area contributed by atoms with Crippen molar-refractivity contribution in [2.24, 2.45) is 0 Å². The molecule has 0 aliphatic heterocycles. The molecule has 0 aliphatic rings. The molecule has 0 aromatic heterocycles. The van der Waals surface area contributed by atoms with Crippen molar-refractivity contribution in [1.29, 1.82) is 0 Å². The van der Waals surface area contributed by atoms with Crippen molar-refractivity contribution < 1.29 is 13.9 Å². The highest BCUT2D eigenvalue weighted by atomic mass is 79.9. The van der Waals surface area contributed by atoms with Crippen LogP contribution in [0.25, 0.3) is 0 Å². The first-order valence-corrected chi connectivity index (χ1v) is 5.76. The van der Waals surface area contributed by atoms with Crippen LogP contribution in [0.5, 0.6) is 5.75 Å². The molecule has 15 heavy (non-hydrogen) atoms. The summed E-state index contributed by atoms with van der Waals surface area (Å²) in [5.74, 6) is 0.209. The highest BCUT2D eigenvalue weighted by molar-refractivity contribution is 9.09. The van der Waals surface area contributed by atoms with Crippen LogP contribution in [0.4, 0.5) is 4.39 Å². The number of hydrogen-bond acceptors (Lipinski definition) is 2. The molecular formula is C10H9BrClFO2. The van der Waals surface area contributed by atoms with Gasteiger partial charge in [0.1, 0.15) is 5.75 Å². The van der Waals surface area contributed by atoms with E-state index >= 15 is 0 Å². The maximum atomic E-state index is 11.9. The number of rotatable bonds is 5. The number of benzene rings is 1. The van der Waals surface area contributed by atoms with Gasteiger partial charge in [0.05, 0.1) is 0 Å². The molecule has 0 unspecified atom stereocenters. The van der Waals surface area contributed by atoms with Crippen LogP contribution in [0.2, 0.25) is 5.02 Å². The molecule has 1 aromatic rings. The van der Waals surface area contributed by atoms with Crippen LogP contribution in [-0.2, 0) is 0 Å². The summed E-state index contributed by atoms with van der Waals surface area (Å²) in [5, 5.41) is 0.941. The molecule has 1 rings (SSSR count). The number of ketones is 1. The predicted molar refractivity (Wildman–Crippen MR) is 60.8 cm³/mol. The summed E-state index contributed by atoms with van der Waals surface area (Å²) in [6.07, 6.45) is 0.370. The molecule has 0 heterocycles. The van der Waals surface area contributed by atoms with Crippen molar-refractivity contribution in [3.63, 3.8) is 0 Å². The normalized spacial score (nSPS) is 10.1. The standard InChI is InChI=1S/C10H9BrClFO2/c11-2-1-10(14)7-3-8(12)5-9(4-7)15-6-13/h3-5H,1-2,6H2. The van der Waals surface area contributed by atoms with E-state index in [1.165, 1.54) is 18.2 Å². The molecule has 0 saturated carbocycles. The Morgan fingerprint density at radius 3 is 2.80 bits per heavy atom. The number of Topliss-reactive ketones (excluding diaryl/α,β-unsaturated/α-hetero) is 1. The lowest BCUT2D eigenvalue weighted by Gasteiger charge is -2.05. The topological polar surface area (TPSA) is 26.3 Å². The van der Waals surface area contributed by atoms with Gasteiger partial charge in [-0.1, -0.05) is 27.5 Å². The number of alkyl halides is 2. The molecule has 0 bridgehead atoms. The Hall–Kier alpha value is -0.610. The predicted octanol–water partition coefficient (Wildman–Crippen LogP) is 3.61. The van der Waals surface area contributed by atoms with Gasteiger partial charge in [0.15, 0.2) is 5.78 Å². The summed E-state index contributed by atoms with van der Waals surface area (Å²) in [5.41, 5.74) is 0.436. The van der Waals surface area contributed by atoms with E-state index in [1.807, 2.05) is 0 Å². The molecule has 0 N–H and O–H groups in total. The first kappa shape index (κ1) is 12.5. The Morgan fingerprint density at radius 1 is 1.47 bits per heavy atom. The summed E-state index contributed by atoms with van der Waals surface area (Å²) in [6.45, 7) is -0.938. The van der Waals surface area contributed by atoms with Gasteiger partial charge in [-0.15, -0.1) is 0 Å². The maximum Gasteiger partial charge on any atom is 0.228 e. The number of halogens is 3. The van der Waals surface area contributed by atoms with E-state index in [-0.39, 0.29) is 11.5 Å². The Labute approximate surface area is 101 Å². The van der Waals surface area contributed by atoms with Gasteiger partial charge in [-0.25, -0.2) is 4.39 Å².